The van der Waals surface area contributed by atoms with E-state index in [1.54, 1.807) is 18.2 Å². The molecule has 0 aliphatic carbocycles. The molecule has 7 nitrogen and oxygen atoms in total. The number of hydrogen-bond acceptors (Lipinski definition) is 5. The van der Waals surface area contributed by atoms with Crippen LogP contribution in [0, 0.1) is 13.8 Å². The van der Waals surface area contributed by atoms with Gasteiger partial charge in [0.2, 0.25) is 0 Å². The summed E-state index contributed by atoms with van der Waals surface area (Å²) in [6, 6.07) is 11.9. The average molecular weight is 380 g/mol. The number of carbonyl (C=O) groups is 3. The van der Waals surface area contributed by atoms with Gasteiger partial charge >= 0.3 is 11.9 Å². The van der Waals surface area contributed by atoms with E-state index >= 15 is 0 Å². The molecule has 1 aromatic heterocycles. The van der Waals surface area contributed by atoms with Gasteiger partial charge in [0.1, 0.15) is 5.69 Å². The van der Waals surface area contributed by atoms with E-state index in [2.05, 4.69) is 15.0 Å². The van der Waals surface area contributed by atoms with Crippen molar-refractivity contribution < 1.29 is 23.9 Å². The van der Waals surface area contributed by atoms with Crippen LogP contribution < -0.4 is 5.32 Å². The van der Waals surface area contributed by atoms with Gasteiger partial charge < -0.3 is 19.8 Å². The zero-order valence-corrected chi connectivity index (χ0v) is 15.8. The third-order valence-electron chi connectivity index (χ3n) is 4.23. The van der Waals surface area contributed by atoms with Crippen LogP contribution in [0.25, 0.3) is 10.9 Å². The highest BCUT2D eigenvalue weighted by Gasteiger charge is 2.14. The maximum absolute atomic E-state index is 12.2. The maximum atomic E-state index is 12.2. The van der Waals surface area contributed by atoms with Gasteiger partial charge in [0.25, 0.3) is 5.91 Å². The minimum Gasteiger partial charge on any atom is -0.465 e. The highest BCUT2D eigenvalue weighted by Crippen LogP contribution is 2.21. The predicted molar refractivity (Wildman–Crippen MR) is 104 cm³/mol. The van der Waals surface area contributed by atoms with Gasteiger partial charge in [0, 0.05) is 16.6 Å². The number of aryl methyl sites for hydroxylation is 2. The minimum absolute atomic E-state index is 0.291. The summed E-state index contributed by atoms with van der Waals surface area (Å²) in [7, 11) is 1.29. The van der Waals surface area contributed by atoms with Crippen LogP contribution in [0.3, 0.4) is 0 Å². The van der Waals surface area contributed by atoms with Gasteiger partial charge in [-0.05, 0) is 61.4 Å². The number of nitrogens with one attached hydrogen (secondary N) is 2. The third kappa shape index (κ3) is 4.20. The number of aromatic nitrogens is 1. The molecule has 0 atom stereocenters. The first-order valence-electron chi connectivity index (χ1n) is 8.62. The Labute approximate surface area is 161 Å². The molecule has 0 unspecified atom stereocenters. The van der Waals surface area contributed by atoms with Gasteiger partial charge in [-0.15, -0.1) is 0 Å². The summed E-state index contributed by atoms with van der Waals surface area (Å²) < 4.78 is 9.70. The van der Waals surface area contributed by atoms with Crippen molar-refractivity contribution in [3.8, 4) is 0 Å². The molecule has 1 heterocycles. The van der Waals surface area contributed by atoms with E-state index < -0.39 is 24.5 Å². The molecule has 0 spiro atoms. The lowest BCUT2D eigenvalue weighted by atomic mass is 10.1. The number of rotatable bonds is 5. The van der Waals surface area contributed by atoms with Crippen LogP contribution >= 0.6 is 0 Å². The highest BCUT2D eigenvalue weighted by atomic mass is 16.5. The van der Waals surface area contributed by atoms with Crippen LogP contribution in [0.1, 0.15) is 32.0 Å². The van der Waals surface area contributed by atoms with Gasteiger partial charge in [-0.1, -0.05) is 6.07 Å². The number of carbonyl (C=O) groups excluding carboxylic acids is 3. The number of H-pyrrole nitrogens is 1. The minimum atomic E-state index is -0.607. The van der Waals surface area contributed by atoms with Crippen molar-refractivity contribution in [1.82, 2.24) is 4.98 Å². The fourth-order valence-corrected chi connectivity index (χ4v) is 2.92. The number of fused-ring (bicyclic) bond motifs is 1. The van der Waals surface area contributed by atoms with Gasteiger partial charge in [0.15, 0.2) is 6.61 Å². The first kappa shape index (κ1) is 19.2. The Hall–Kier alpha value is -3.61. The van der Waals surface area contributed by atoms with E-state index in [0.717, 1.165) is 22.0 Å². The molecule has 2 aromatic carbocycles. The first-order chi connectivity index (χ1) is 13.4. The summed E-state index contributed by atoms with van der Waals surface area (Å²) in [5.41, 5.74) is 4.13. The number of esters is 2. The maximum Gasteiger partial charge on any atom is 0.355 e. The molecule has 7 heteroatoms. The lowest BCUT2D eigenvalue weighted by molar-refractivity contribution is -0.119. The fourth-order valence-electron chi connectivity index (χ4n) is 2.92. The molecule has 144 valence electrons. The molecule has 3 aromatic rings. The second-order valence-electron chi connectivity index (χ2n) is 6.42. The van der Waals surface area contributed by atoms with Crippen LogP contribution in [0.4, 0.5) is 5.69 Å². The first-order valence-corrected chi connectivity index (χ1v) is 8.62. The Kier molecular flexibility index (Phi) is 5.44. The molecule has 0 aliphatic heterocycles. The van der Waals surface area contributed by atoms with Gasteiger partial charge in [-0.2, -0.15) is 0 Å². The Balaban J connectivity index is 1.59. The van der Waals surface area contributed by atoms with Crippen molar-refractivity contribution in [2.45, 2.75) is 13.8 Å². The zero-order chi connectivity index (χ0) is 20.3. The van der Waals surface area contributed by atoms with Crippen LogP contribution in [0.5, 0.6) is 0 Å². The SMILES string of the molecule is COC(=O)c1ccc(NC(=O)COC(=O)c2cc3c(C)cc(C)cc3[nH]2)cc1. The molecule has 3 rings (SSSR count). The molecule has 0 fully saturated rings. The van der Waals surface area contributed by atoms with Crippen LogP contribution in [-0.4, -0.2) is 36.5 Å². The number of aromatic amines is 1. The van der Waals surface area contributed by atoms with Gasteiger partial charge in [-0.3, -0.25) is 4.79 Å². The lowest BCUT2D eigenvalue weighted by Crippen LogP contribution is -2.21. The van der Waals surface area contributed by atoms with Crippen molar-refractivity contribution in [2.24, 2.45) is 0 Å². The van der Waals surface area contributed by atoms with Crippen LogP contribution in [0.2, 0.25) is 0 Å². The quantitative estimate of drug-likeness (QED) is 0.662. The summed E-state index contributed by atoms with van der Waals surface area (Å²) in [6.45, 7) is 3.52. The number of methoxy groups -OCH3 is 1. The van der Waals surface area contributed by atoms with E-state index in [0.29, 0.717) is 16.9 Å². The number of anilines is 1. The van der Waals surface area contributed by atoms with Crippen LogP contribution in [0.15, 0.2) is 42.5 Å². The number of ether oxygens (including phenoxy) is 2. The molecule has 2 N–H and O–H groups in total. The van der Waals surface area contributed by atoms with Crippen molar-refractivity contribution in [3.63, 3.8) is 0 Å². The molecule has 0 aliphatic rings. The molecular formula is C21H20N2O5. The van der Waals surface area contributed by atoms with Crippen molar-refractivity contribution >= 4 is 34.4 Å². The zero-order valence-electron chi connectivity index (χ0n) is 15.8. The largest absolute Gasteiger partial charge is 0.465 e. The average Bonchev–Trinajstić information content (AvgIpc) is 3.10. The standard InChI is InChI=1S/C21H20N2O5/c1-12-8-13(2)16-10-18(23-17(16)9-12)21(26)28-11-19(24)22-15-6-4-14(5-7-15)20(25)27-3/h4-10,23H,11H2,1-3H3,(H,22,24). The molecule has 1 amide bonds. The van der Waals surface area contributed by atoms with E-state index in [1.165, 1.54) is 19.2 Å². The van der Waals surface area contributed by atoms with Crippen molar-refractivity contribution in [2.75, 3.05) is 19.0 Å². The smallest absolute Gasteiger partial charge is 0.355 e. The van der Waals surface area contributed by atoms with Crippen LogP contribution in [-0.2, 0) is 14.3 Å². The summed E-state index contributed by atoms with van der Waals surface area (Å²) in [5.74, 6) is -1.55. The molecule has 28 heavy (non-hydrogen) atoms. The molecule has 0 bridgehead atoms. The molecule has 0 radical (unpaired) electrons. The Morgan fingerprint density at radius 2 is 1.71 bits per heavy atom. The van der Waals surface area contributed by atoms with E-state index in [-0.39, 0.29) is 0 Å². The Morgan fingerprint density at radius 3 is 2.39 bits per heavy atom. The third-order valence-corrected chi connectivity index (χ3v) is 4.23. The number of hydrogen-bond donors (Lipinski definition) is 2. The summed E-state index contributed by atoms with van der Waals surface area (Å²) >= 11 is 0. The van der Waals surface area contributed by atoms with Crippen molar-refractivity contribution in [3.05, 3.63) is 64.8 Å². The summed E-state index contributed by atoms with van der Waals surface area (Å²) in [6.07, 6.45) is 0. The van der Waals surface area contributed by atoms with E-state index in [4.69, 9.17) is 4.74 Å². The van der Waals surface area contributed by atoms with Crippen molar-refractivity contribution in [1.29, 1.82) is 0 Å². The highest BCUT2D eigenvalue weighted by molar-refractivity contribution is 5.98. The monoisotopic (exact) mass is 380 g/mol. The second kappa shape index (κ2) is 7.96. The number of benzene rings is 2. The number of amides is 1. The molecule has 0 saturated carbocycles. The second-order valence-corrected chi connectivity index (χ2v) is 6.42. The summed E-state index contributed by atoms with van der Waals surface area (Å²) in [4.78, 5) is 38.7. The van der Waals surface area contributed by atoms with E-state index in [9.17, 15) is 14.4 Å². The fraction of sp³-hybridized carbons (Fsp3) is 0.190. The summed E-state index contributed by atoms with van der Waals surface area (Å²) in [5, 5.41) is 3.54. The van der Waals surface area contributed by atoms with Gasteiger partial charge in [0.05, 0.1) is 12.7 Å². The molecular weight excluding hydrogens is 360 g/mol. The van der Waals surface area contributed by atoms with Gasteiger partial charge in [-0.25, -0.2) is 9.59 Å². The predicted octanol–water partition coefficient (Wildman–Crippen LogP) is 3.37. The Bertz CT molecular complexity index is 1050. The topological polar surface area (TPSA) is 97.5 Å². The lowest BCUT2D eigenvalue weighted by Gasteiger charge is -2.06. The Morgan fingerprint density at radius 1 is 1.00 bits per heavy atom. The molecule has 0 saturated heterocycles. The van der Waals surface area contributed by atoms with E-state index in [1.807, 2.05) is 26.0 Å². The normalized spacial score (nSPS) is 10.5.